The highest BCUT2D eigenvalue weighted by atomic mass is 79.9. The zero-order valence-electron chi connectivity index (χ0n) is 16.7. The number of rotatable bonds is 3. The van der Waals surface area contributed by atoms with Crippen LogP contribution in [0, 0.1) is 10.7 Å². The molecule has 2 aliphatic heterocycles. The van der Waals surface area contributed by atoms with E-state index in [1.54, 1.807) is 11.8 Å². The van der Waals surface area contributed by atoms with Crippen LogP contribution in [0.25, 0.3) is 5.69 Å². The maximum atomic E-state index is 13.2. The maximum absolute atomic E-state index is 13.2. The second kappa shape index (κ2) is 8.02. The molecule has 10 heteroatoms. The van der Waals surface area contributed by atoms with Gasteiger partial charge < -0.3 is 4.74 Å². The summed E-state index contributed by atoms with van der Waals surface area (Å²) >= 11 is 12.1. The van der Waals surface area contributed by atoms with Gasteiger partial charge in [0.15, 0.2) is 10.6 Å². The highest BCUT2D eigenvalue weighted by Crippen LogP contribution is 2.51. The molecule has 2 aromatic carbocycles. The molecule has 0 spiro atoms. The van der Waals surface area contributed by atoms with Crippen LogP contribution in [0.3, 0.4) is 0 Å². The Morgan fingerprint density at radius 2 is 2.09 bits per heavy atom. The van der Waals surface area contributed by atoms with Gasteiger partial charge >= 0.3 is 4.87 Å². The minimum absolute atomic E-state index is 0.0275. The molecule has 32 heavy (non-hydrogen) atoms. The maximum Gasteiger partial charge on any atom is 0.308 e. The highest BCUT2D eigenvalue weighted by Gasteiger charge is 2.40. The second-order valence-electron chi connectivity index (χ2n) is 7.78. The molecule has 0 amide bonds. The molecular formula is C22H17BrN4O2S3. The van der Waals surface area contributed by atoms with Crippen LogP contribution in [0.5, 0.6) is 5.75 Å². The smallest absolute Gasteiger partial charge is 0.308 e. The van der Waals surface area contributed by atoms with Gasteiger partial charge in [0, 0.05) is 38.2 Å². The number of benzene rings is 2. The summed E-state index contributed by atoms with van der Waals surface area (Å²) in [6, 6.07) is 16.0. The van der Waals surface area contributed by atoms with Crippen molar-refractivity contribution in [2.45, 2.75) is 17.5 Å². The fourth-order valence-electron chi connectivity index (χ4n) is 4.44. The summed E-state index contributed by atoms with van der Waals surface area (Å²) in [5.41, 5.74) is 2.08. The molecule has 4 aromatic rings. The largest absolute Gasteiger partial charge is 0.493 e. The van der Waals surface area contributed by atoms with Crippen LogP contribution in [0.15, 0.2) is 62.8 Å². The van der Waals surface area contributed by atoms with Crippen molar-refractivity contribution in [1.29, 1.82) is 0 Å². The van der Waals surface area contributed by atoms with Gasteiger partial charge in [-0.1, -0.05) is 45.5 Å². The lowest BCUT2D eigenvalue weighted by Crippen LogP contribution is -2.31. The summed E-state index contributed by atoms with van der Waals surface area (Å²) in [6.45, 7) is 1.03. The zero-order valence-corrected chi connectivity index (χ0v) is 20.7. The molecule has 6 nitrogen and oxygen atoms in total. The lowest BCUT2D eigenvalue weighted by molar-refractivity contribution is 0.219. The lowest BCUT2D eigenvalue weighted by atomic mass is 9.84. The van der Waals surface area contributed by atoms with Gasteiger partial charge in [-0.15, -0.1) is 11.8 Å². The van der Waals surface area contributed by atoms with Crippen LogP contribution in [0.2, 0.25) is 0 Å². The monoisotopic (exact) mass is 544 g/mol. The summed E-state index contributed by atoms with van der Waals surface area (Å²) in [7, 11) is 0. The first-order valence-corrected chi connectivity index (χ1v) is 13.1. The number of hydrogen-bond donors (Lipinski definition) is 1. The predicted octanol–water partition coefficient (Wildman–Crippen LogP) is 5.21. The molecular weight excluding hydrogens is 528 g/mol. The summed E-state index contributed by atoms with van der Waals surface area (Å²) in [6.07, 6.45) is 0. The van der Waals surface area contributed by atoms with E-state index in [0.29, 0.717) is 29.7 Å². The molecule has 0 saturated carbocycles. The summed E-state index contributed by atoms with van der Waals surface area (Å²) in [5, 5.41) is 8.36. The number of hydrogen-bond acceptors (Lipinski definition) is 6. The number of nitrogens with zero attached hydrogens (tertiary/aromatic N) is 3. The fraction of sp³-hybridized carbons (Fsp3) is 0.227. The number of aromatic amines is 1. The van der Waals surface area contributed by atoms with E-state index in [-0.39, 0.29) is 10.8 Å². The minimum Gasteiger partial charge on any atom is -0.493 e. The Kier molecular flexibility index (Phi) is 5.13. The van der Waals surface area contributed by atoms with Crippen molar-refractivity contribution in [3.8, 4) is 11.4 Å². The number of H-pyrrole nitrogens is 1. The van der Waals surface area contributed by atoms with Crippen molar-refractivity contribution < 1.29 is 4.74 Å². The molecule has 0 radical (unpaired) electrons. The van der Waals surface area contributed by atoms with E-state index in [0.717, 1.165) is 37.1 Å². The van der Waals surface area contributed by atoms with Gasteiger partial charge in [0.05, 0.1) is 18.2 Å². The third-order valence-electron chi connectivity index (χ3n) is 5.88. The summed E-state index contributed by atoms with van der Waals surface area (Å²) in [5.74, 6) is 3.04. The SMILES string of the molecule is O=c1sc2c(n1Cc1n[nH]c(=S)n1-c1ccccc1)SC[C@@H]1COc3ccc(Br)cc3[C@@H]21. The predicted molar refractivity (Wildman–Crippen MR) is 132 cm³/mol. The van der Waals surface area contributed by atoms with Crippen LogP contribution in [0.1, 0.15) is 22.2 Å². The van der Waals surface area contributed by atoms with Gasteiger partial charge in [-0.3, -0.25) is 19.0 Å². The quantitative estimate of drug-likeness (QED) is 0.358. The van der Waals surface area contributed by atoms with Crippen LogP contribution in [-0.4, -0.2) is 31.7 Å². The van der Waals surface area contributed by atoms with Crippen LogP contribution < -0.4 is 9.61 Å². The molecule has 0 fully saturated rings. The van der Waals surface area contributed by atoms with Crippen molar-refractivity contribution in [3.63, 3.8) is 0 Å². The van der Waals surface area contributed by atoms with Gasteiger partial charge in [-0.05, 0) is 42.5 Å². The molecule has 0 saturated heterocycles. The number of fused-ring (bicyclic) bond motifs is 5. The van der Waals surface area contributed by atoms with E-state index < -0.39 is 0 Å². The molecule has 0 aliphatic carbocycles. The van der Waals surface area contributed by atoms with Crippen molar-refractivity contribution in [3.05, 3.63) is 83.7 Å². The van der Waals surface area contributed by atoms with Crippen molar-refractivity contribution in [1.82, 2.24) is 19.3 Å². The van der Waals surface area contributed by atoms with E-state index in [2.05, 4.69) is 32.2 Å². The standard InChI is InChI=1S/C22H17BrN4O2S3/c23-13-6-7-16-15(8-13)18-12(10-29-16)11-31-20-19(18)32-22(28)26(20)9-17-24-25-21(30)27(17)14-4-2-1-3-5-14/h1-8,12,18H,9-11H2,(H,25,30)/t12-,18-/m0/s1. The van der Waals surface area contributed by atoms with E-state index in [1.807, 2.05) is 51.6 Å². The number of ether oxygens (including phenoxy) is 1. The average molecular weight is 546 g/mol. The van der Waals surface area contributed by atoms with Gasteiger partial charge in [-0.2, -0.15) is 5.10 Å². The molecule has 6 rings (SSSR count). The van der Waals surface area contributed by atoms with Gasteiger partial charge in [0.25, 0.3) is 0 Å². The van der Waals surface area contributed by atoms with Gasteiger partial charge in [0.1, 0.15) is 5.75 Å². The number of para-hydroxylation sites is 1. The first kappa shape index (κ1) is 20.5. The molecule has 2 aliphatic rings. The molecule has 1 N–H and O–H groups in total. The van der Waals surface area contributed by atoms with Gasteiger partial charge in [-0.25, -0.2) is 0 Å². The normalized spacial score (nSPS) is 19.0. The molecule has 4 heterocycles. The number of halogens is 1. The van der Waals surface area contributed by atoms with E-state index in [4.69, 9.17) is 17.0 Å². The molecule has 2 atom stereocenters. The Balaban J connectivity index is 1.44. The average Bonchev–Trinajstić information content (AvgIpc) is 3.33. The number of nitrogens with one attached hydrogen (secondary N) is 1. The first-order chi connectivity index (χ1) is 15.6. The Bertz CT molecular complexity index is 1440. The molecule has 2 aromatic heterocycles. The highest BCUT2D eigenvalue weighted by molar-refractivity contribution is 9.10. The Hall–Kier alpha value is -2.14. The topological polar surface area (TPSA) is 64.8 Å². The van der Waals surface area contributed by atoms with E-state index >= 15 is 0 Å². The number of aromatic nitrogens is 4. The molecule has 0 unspecified atom stereocenters. The van der Waals surface area contributed by atoms with Crippen molar-refractivity contribution >= 4 is 51.2 Å². The van der Waals surface area contributed by atoms with Crippen LogP contribution >= 0.6 is 51.2 Å². The zero-order chi connectivity index (χ0) is 21.8. The third kappa shape index (κ3) is 3.32. The van der Waals surface area contributed by atoms with E-state index in [1.165, 1.54) is 11.3 Å². The molecule has 0 bridgehead atoms. The Morgan fingerprint density at radius 3 is 2.94 bits per heavy atom. The summed E-state index contributed by atoms with van der Waals surface area (Å²) < 4.78 is 11.3. The Labute approximate surface area is 205 Å². The lowest BCUT2D eigenvalue weighted by Gasteiger charge is -2.36. The molecule has 162 valence electrons. The Morgan fingerprint density at radius 1 is 1.25 bits per heavy atom. The first-order valence-electron chi connectivity index (χ1n) is 10.1. The van der Waals surface area contributed by atoms with Crippen molar-refractivity contribution in [2.75, 3.05) is 12.4 Å². The number of thiazole rings is 1. The number of thioether (sulfide) groups is 1. The third-order valence-corrected chi connectivity index (χ3v) is 9.14. The van der Waals surface area contributed by atoms with E-state index in [9.17, 15) is 4.79 Å². The summed E-state index contributed by atoms with van der Waals surface area (Å²) in [4.78, 5) is 14.3. The van der Waals surface area contributed by atoms with Crippen molar-refractivity contribution in [2.24, 2.45) is 5.92 Å². The van der Waals surface area contributed by atoms with Crippen LogP contribution in [0.4, 0.5) is 0 Å². The van der Waals surface area contributed by atoms with Crippen LogP contribution in [-0.2, 0) is 6.54 Å². The van der Waals surface area contributed by atoms with Gasteiger partial charge in [0.2, 0.25) is 0 Å². The fourth-order valence-corrected chi connectivity index (χ4v) is 7.76. The second-order valence-corrected chi connectivity index (χ2v) is 11.1. The minimum atomic E-state index is 0.0275.